The molecule has 176 valence electrons. The summed E-state index contributed by atoms with van der Waals surface area (Å²) >= 11 is 0. The highest BCUT2D eigenvalue weighted by atomic mass is 16.5. The quantitative estimate of drug-likeness (QED) is 0.507. The highest BCUT2D eigenvalue weighted by Crippen LogP contribution is 2.40. The second-order valence-electron chi connectivity index (χ2n) is 8.83. The molecular formula is C27H28N2O5. The standard InChI is InChI=1S/C27H28N2O5/c1-17-23(30)12-24(31)25(26(17)34-15-18-6-3-2-4-7-18)27(32)29-13-19-8-5-9-22(21(19)14-29)28-20-10-11-33-16-20/h2-9,12,20,28,30-31H,10-11,13-16H2,1H3. The Balaban J connectivity index is 1.41. The van der Waals surface area contributed by atoms with Crippen molar-refractivity contribution < 1.29 is 24.5 Å². The van der Waals surface area contributed by atoms with Crippen LogP contribution in [0.25, 0.3) is 0 Å². The number of benzene rings is 3. The molecule has 7 nitrogen and oxygen atoms in total. The molecule has 0 aliphatic carbocycles. The molecule has 3 aromatic carbocycles. The zero-order chi connectivity index (χ0) is 23.7. The summed E-state index contributed by atoms with van der Waals surface area (Å²) in [5, 5.41) is 24.5. The van der Waals surface area contributed by atoms with Crippen LogP contribution in [0.3, 0.4) is 0 Å². The van der Waals surface area contributed by atoms with Crippen molar-refractivity contribution in [1.82, 2.24) is 4.90 Å². The summed E-state index contributed by atoms with van der Waals surface area (Å²) in [5.74, 6) is -0.556. The van der Waals surface area contributed by atoms with E-state index in [1.807, 2.05) is 48.5 Å². The monoisotopic (exact) mass is 460 g/mol. The zero-order valence-corrected chi connectivity index (χ0v) is 19.1. The van der Waals surface area contributed by atoms with Crippen LogP contribution < -0.4 is 10.1 Å². The van der Waals surface area contributed by atoms with E-state index in [2.05, 4.69) is 5.32 Å². The first-order chi connectivity index (χ1) is 16.5. The minimum Gasteiger partial charge on any atom is -0.507 e. The van der Waals surface area contributed by atoms with Crippen molar-refractivity contribution in [2.24, 2.45) is 0 Å². The minimum atomic E-state index is -0.338. The fraction of sp³-hybridized carbons (Fsp3) is 0.296. The van der Waals surface area contributed by atoms with Gasteiger partial charge < -0.3 is 29.9 Å². The van der Waals surface area contributed by atoms with E-state index in [1.54, 1.807) is 11.8 Å². The second-order valence-corrected chi connectivity index (χ2v) is 8.83. The van der Waals surface area contributed by atoms with E-state index in [1.165, 1.54) is 6.07 Å². The predicted molar refractivity (Wildman–Crippen MR) is 128 cm³/mol. The van der Waals surface area contributed by atoms with Gasteiger partial charge in [-0.3, -0.25) is 4.79 Å². The van der Waals surface area contributed by atoms with Crippen LogP contribution in [-0.4, -0.2) is 40.3 Å². The summed E-state index contributed by atoms with van der Waals surface area (Å²) in [4.78, 5) is 15.3. The maximum absolute atomic E-state index is 13.7. The number of aromatic hydroxyl groups is 2. The predicted octanol–water partition coefficient (Wildman–Crippen LogP) is 4.34. The third-order valence-corrected chi connectivity index (χ3v) is 6.48. The molecule has 0 spiro atoms. The Morgan fingerprint density at radius 3 is 2.71 bits per heavy atom. The molecule has 2 heterocycles. The van der Waals surface area contributed by atoms with Crippen LogP contribution in [0.2, 0.25) is 0 Å². The first-order valence-electron chi connectivity index (χ1n) is 11.5. The number of phenols is 2. The van der Waals surface area contributed by atoms with E-state index in [0.717, 1.165) is 35.4 Å². The average Bonchev–Trinajstić information content (AvgIpc) is 3.51. The van der Waals surface area contributed by atoms with Crippen LogP contribution in [-0.2, 0) is 24.4 Å². The second kappa shape index (κ2) is 9.27. The van der Waals surface area contributed by atoms with E-state index >= 15 is 0 Å². The smallest absolute Gasteiger partial charge is 0.262 e. The molecule has 0 radical (unpaired) electrons. The highest BCUT2D eigenvalue weighted by Gasteiger charge is 2.32. The topological polar surface area (TPSA) is 91.3 Å². The number of nitrogens with one attached hydrogen (secondary N) is 1. The van der Waals surface area contributed by atoms with Gasteiger partial charge >= 0.3 is 0 Å². The highest BCUT2D eigenvalue weighted by molar-refractivity contribution is 6.01. The summed E-state index contributed by atoms with van der Waals surface area (Å²) in [6.45, 7) is 4.17. The number of carbonyl (C=O) groups excluding carboxylic acids is 1. The number of hydrogen-bond donors (Lipinski definition) is 3. The Bertz CT molecular complexity index is 1210. The fourth-order valence-electron chi connectivity index (χ4n) is 4.57. The largest absolute Gasteiger partial charge is 0.507 e. The molecule has 0 aromatic heterocycles. The van der Waals surface area contributed by atoms with Gasteiger partial charge in [0.25, 0.3) is 5.91 Å². The van der Waals surface area contributed by atoms with E-state index in [9.17, 15) is 15.0 Å². The maximum Gasteiger partial charge on any atom is 0.262 e. The normalized spacial score (nSPS) is 17.0. The number of hydrogen-bond acceptors (Lipinski definition) is 6. The van der Waals surface area contributed by atoms with Gasteiger partial charge in [-0.1, -0.05) is 42.5 Å². The molecule has 0 saturated carbocycles. The number of fused-ring (bicyclic) bond motifs is 1. The number of nitrogens with zero attached hydrogens (tertiary/aromatic N) is 1. The molecule has 1 saturated heterocycles. The Labute approximate surface area is 198 Å². The Kier molecular flexibility index (Phi) is 6.02. The Morgan fingerprint density at radius 1 is 1.12 bits per heavy atom. The lowest BCUT2D eigenvalue weighted by Crippen LogP contribution is -2.26. The van der Waals surface area contributed by atoms with E-state index in [-0.39, 0.29) is 41.4 Å². The van der Waals surface area contributed by atoms with Crippen LogP contribution in [0.4, 0.5) is 5.69 Å². The van der Waals surface area contributed by atoms with Crippen molar-refractivity contribution in [2.45, 2.75) is 39.1 Å². The van der Waals surface area contributed by atoms with Gasteiger partial charge in [0, 0.05) is 37.0 Å². The third-order valence-electron chi connectivity index (χ3n) is 6.48. The zero-order valence-electron chi connectivity index (χ0n) is 19.1. The molecular weight excluding hydrogens is 432 g/mol. The lowest BCUT2D eigenvalue weighted by molar-refractivity contribution is 0.0743. The van der Waals surface area contributed by atoms with Crippen LogP contribution >= 0.6 is 0 Å². The summed E-state index contributed by atoms with van der Waals surface area (Å²) in [7, 11) is 0. The molecule has 1 amide bonds. The molecule has 1 unspecified atom stereocenters. The molecule has 0 bridgehead atoms. The first-order valence-corrected chi connectivity index (χ1v) is 11.5. The summed E-state index contributed by atoms with van der Waals surface area (Å²) < 4.78 is 11.5. The molecule has 2 aliphatic rings. The lowest BCUT2D eigenvalue weighted by Gasteiger charge is -2.21. The third kappa shape index (κ3) is 4.26. The van der Waals surface area contributed by atoms with E-state index in [0.29, 0.717) is 25.3 Å². The molecule has 34 heavy (non-hydrogen) atoms. The number of anilines is 1. The molecule has 5 rings (SSSR count). The van der Waals surface area contributed by atoms with Gasteiger partial charge in [-0.15, -0.1) is 0 Å². The number of amides is 1. The van der Waals surface area contributed by atoms with Gasteiger partial charge in [0.15, 0.2) is 0 Å². The Morgan fingerprint density at radius 2 is 1.94 bits per heavy atom. The van der Waals surface area contributed by atoms with Gasteiger partial charge in [-0.2, -0.15) is 0 Å². The van der Waals surface area contributed by atoms with Crippen molar-refractivity contribution in [3.63, 3.8) is 0 Å². The number of ether oxygens (including phenoxy) is 2. The summed E-state index contributed by atoms with van der Waals surface area (Å²) in [5.41, 5.74) is 4.55. The maximum atomic E-state index is 13.7. The Hall–Kier alpha value is -3.71. The van der Waals surface area contributed by atoms with Gasteiger partial charge in [0.05, 0.1) is 12.6 Å². The van der Waals surface area contributed by atoms with Crippen molar-refractivity contribution in [3.8, 4) is 17.2 Å². The van der Waals surface area contributed by atoms with Gasteiger partial charge in [0.2, 0.25) is 0 Å². The minimum absolute atomic E-state index is 0.0674. The lowest BCUT2D eigenvalue weighted by atomic mass is 10.1. The molecule has 7 heteroatoms. The van der Waals surface area contributed by atoms with Crippen LogP contribution in [0, 0.1) is 6.92 Å². The van der Waals surface area contributed by atoms with E-state index in [4.69, 9.17) is 9.47 Å². The van der Waals surface area contributed by atoms with E-state index < -0.39 is 0 Å². The van der Waals surface area contributed by atoms with Gasteiger partial charge in [-0.25, -0.2) is 0 Å². The SMILES string of the molecule is Cc1c(O)cc(O)c(C(=O)N2Cc3cccc(NC4CCOC4)c3C2)c1OCc1ccccc1. The fourth-order valence-corrected chi connectivity index (χ4v) is 4.57. The molecule has 3 N–H and O–H groups in total. The van der Waals surface area contributed by atoms with Crippen LogP contribution in [0.1, 0.15) is 39.0 Å². The molecule has 1 fully saturated rings. The van der Waals surface area contributed by atoms with Crippen LogP contribution in [0.15, 0.2) is 54.6 Å². The average molecular weight is 461 g/mol. The van der Waals surface area contributed by atoms with Gasteiger partial charge in [0.1, 0.15) is 29.4 Å². The van der Waals surface area contributed by atoms with Crippen molar-refractivity contribution >= 4 is 11.6 Å². The van der Waals surface area contributed by atoms with Crippen molar-refractivity contribution in [1.29, 1.82) is 0 Å². The summed E-state index contributed by atoms with van der Waals surface area (Å²) in [6.07, 6.45) is 0.953. The first kappa shape index (κ1) is 22.1. The molecule has 1 atom stereocenters. The van der Waals surface area contributed by atoms with Crippen molar-refractivity contribution in [3.05, 3.63) is 82.4 Å². The van der Waals surface area contributed by atoms with Crippen molar-refractivity contribution in [2.75, 3.05) is 18.5 Å². The molecule has 3 aromatic rings. The number of rotatable bonds is 6. The summed E-state index contributed by atoms with van der Waals surface area (Å²) in [6, 6.07) is 17.1. The molecule has 2 aliphatic heterocycles. The van der Waals surface area contributed by atoms with Crippen LogP contribution in [0.5, 0.6) is 17.2 Å². The van der Waals surface area contributed by atoms with Gasteiger partial charge in [-0.05, 0) is 36.1 Å². The number of phenolic OH excluding ortho intramolecular Hbond substituents is 2. The number of carbonyl (C=O) groups is 1.